The Kier molecular flexibility index (Phi) is 5.36. The topological polar surface area (TPSA) is 64.6 Å². The van der Waals surface area contributed by atoms with Crippen molar-refractivity contribution in [3.05, 3.63) is 59.2 Å². The Hall–Kier alpha value is -2.82. The summed E-state index contributed by atoms with van der Waals surface area (Å²) in [5, 5.41) is 2.81. The van der Waals surface area contributed by atoms with Crippen molar-refractivity contribution in [1.82, 2.24) is 0 Å². The first-order valence-corrected chi connectivity index (χ1v) is 7.29. The second-order valence-electron chi connectivity index (χ2n) is 4.88. The third kappa shape index (κ3) is 3.88. The molecule has 0 saturated carbocycles. The fourth-order valence-electron chi connectivity index (χ4n) is 2.17. The van der Waals surface area contributed by atoms with E-state index < -0.39 is 5.97 Å². The van der Waals surface area contributed by atoms with Gasteiger partial charge in [0.05, 0.1) is 19.3 Å². The number of nitrogens with one attached hydrogen (secondary N) is 1. The van der Waals surface area contributed by atoms with Gasteiger partial charge >= 0.3 is 5.97 Å². The second kappa shape index (κ2) is 7.45. The molecule has 120 valence electrons. The highest BCUT2D eigenvalue weighted by atomic mass is 16.5. The molecule has 0 atom stereocenters. The first-order valence-electron chi connectivity index (χ1n) is 7.29. The Morgan fingerprint density at radius 1 is 1.09 bits per heavy atom. The van der Waals surface area contributed by atoms with Gasteiger partial charge in [-0.2, -0.15) is 0 Å². The third-order valence-electron chi connectivity index (χ3n) is 3.41. The van der Waals surface area contributed by atoms with Crippen molar-refractivity contribution >= 4 is 17.6 Å². The van der Waals surface area contributed by atoms with Crippen molar-refractivity contribution in [3.63, 3.8) is 0 Å². The number of methoxy groups -OCH3 is 1. The molecule has 0 bridgehead atoms. The lowest BCUT2D eigenvalue weighted by molar-refractivity contribution is 0.0599. The van der Waals surface area contributed by atoms with Gasteiger partial charge in [-0.05, 0) is 55.8 Å². The molecule has 1 amide bonds. The normalized spacial score (nSPS) is 10.0. The molecule has 1 N–H and O–H groups in total. The van der Waals surface area contributed by atoms with Gasteiger partial charge < -0.3 is 14.8 Å². The van der Waals surface area contributed by atoms with E-state index in [-0.39, 0.29) is 5.91 Å². The van der Waals surface area contributed by atoms with Crippen LogP contribution in [0, 0.1) is 6.92 Å². The molecule has 0 aromatic heterocycles. The molecule has 0 radical (unpaired) electrons. The highest BCUT2D eigenvalue weighted by Gasteiger charge is 2.14. The Bertz CT molecular complexity index is 707. The minimum atomic E-state index is -0.431. The van der Waals surface area contributed by atoms with Crippen LogP contribution in [0.15, 0.2) is 42.5 Å². The Labute approximate surface area is 135 Å². The van der Waals surface area contributed by atoms with E-state index in [4.69, 9.17) is 9.47 Å². The summed E-state index contributed by atoms with van der Waals surface area (Å²) in [7, 11) is 1.33. The van der Waals surface area contributed by atoms with Gasteiger partial charge in [-0.1, -0.05) is 6.07 Å². The summed E-state index contributed by atoms with van der Waals surface area (Å²) in [5.41, 5.74) is 2.18. The molecule has 2 aromatic carbocycles. The minimum absolute atomic E-state index is 0.252. The van der Waals surface area contributed by atoms with Gasteiger partial charge in [0.2, 0.25) is 0 Å². The number of carbonyl (C=O) groups is 2. The number of carbonyl (C=O) groups excluding carboxylic acids is 2. The lowest BCUT2D eigenvalue weighted by atomic mass is 10.1. The maximum absolute atomic E-state index is 12.3. The highest BCUT2D eigenvalue weighted by Crippen LogP contribution is 2.21. The van der Waals surface area contributed by atoms with Gasteiger partial charge in [0.15, 0.2) is 0 Å². The lowest BCUT2D eigenvalue weighted by Crippen LogP contribution is -2.14. The van der Waals surface area contributed by atoms with Crippen LogP contribution in [0.4, 0.5) is 5.69 Å². The predicted molar refractivity (Wildman–Crippen MR) is 88.1 cm³/mol. The number of benzene rings is 2. The van der Waals surface area contributed by atoms with Gasteiger partial charge in [0.1, 0.15) is 5.75 Å². The van der Waals surface area contributed by atoms with Crippen molar-refractivity contribution in [1.29, 1.82) is 0 Å². The molecule has 0 fully saturated rings. The first kappa shape index (κ1) is 16.5. The van der Waals surface area contributed by atoms with E-state index in [2.05, 4.69) is 5.32 Å². The maximum atomic E-state index is 12.3. The standard InChI is InChI=1S/C18H19NO4/c1-4-23-14-10-8-13(9-11-14)17(20)19-16-7-5-6-15(12(16)2)18(21)22-3/h5-11H,4H2,1-3H3,(H,19,20). The quantitative estimate of drug-likeness (QED) is 0.859. The molecule has 2 aromatic rings. The summed E-state index contributed by atoms with van der Waals surface area (Å²) >= 11 is 0. The number of ether oxygens (including phenoxy) is 2. The van der Waals surface area contributed by atoms with Crippen molar-refractivity contribution in [3.8, 4) is 5.75 Å². The SMILES string of the molecule is CCOc1ccc(C(=O)Nc2cccc(C(=O)OC)c2C)cc1. The second-order valence-corrected chi connectivity index (χ2v) is 4.88. The van der Waals surface area contributed by atoms with Crippen LogP contribution in [0.3, 0.4) is 0 Å². The summed E-state index contributed by atoms with van der Waals surface area (Å²) in [6.45, 7) is 4.24. The zero-order valence-electron chi connectivity index (χ0n) is 13.4. The fourth-order valence-corrected chi connectivity index (χ4v) is 2.17. The van der Waals surface area contributed by atoms with Crippen LogP contribution < -0.4 is 10.1 Å². The van der Waals surface area contributed by atoms with Crippen LogP contribution in [-0.2, 0) is 4.74 Å². The van der Waals surface area contributed by atoms with Crippen LogP contribution in [-0.4, -0.2) is 25.6 Å². The summed E-state index contributed by atoms with van der Waals surface area (Å²) in [4.78, 5) is 24.0. The maximum Gasteiger partial charge on any atom is 0.338 e. The Morgan fingerprint density at radius 2 is 1.78 bits per heavy atom. The van der Waals surface area contributed by atoms with Gasteiger partial charge in [-0.25, -0.2) is 4.79 Å². The molecular weight excluding hydrogens is 294 g/mol. The molecule has 0 aliphatic carbocycles. The first-order chi connectivity index (χ1) is 11.1. The van der Waals surface area contributed by atoms with Gasteiger partial charge in [-0.15, -0.1) is 0 Å². The molecule has 0 unspecified atom stereocenters. The van der Waals surface area contributed by atoms with Crippen molar-refractivity contribution in [2.75, 3.05) is 19.0 Å². The van der Waals surface area contributed by atoms with E-state index in [0.29, 0.717) is 34.7 Å². The molecule has 5 heteroatoms. The fraction of sp³-hybridized carbons (Fsp3) is 0.222. The molecule has 0 heterocycles. The van der Waals surface area contributed by atoms with Crippen molar-refractivity contribution < 1.29 is 19.1 Å². The average Bonchev–Trinajstić information content (AvgIpc) is 2.57. The van der Waals surface area contributed by atoms with E-state index in [1.807, 2.05) is 6.92 Å². The van der Waals surface area contributed by atoms with E-state index in [1.54, 1.807) is 49.4 Å². The third-order valence-corrected chi connectivity index (χ3v) is 3.41. The van der Waals surface area contributed by atoms with Crippen LogP contribution in [0.5, 0.6) is 5.75 Å². The predicted octanol–water partition coefficient (Wildman–Crippen LogP) is 3.43. The number of anilines is 1. The van der Waals surface area contributed by atoms with Crippen molar-refractivity contribution in [2.24, 2.45) is 0 Å². The summed E-state index contributed by atoms with van der Waals surface area (Å²) in [6.07, 6.45) is 0. The van der Waals surface area contributed by atoms with Crippen LogP contribution in [0.25, 0.3) is 0 Å². The average molecular weight is 313 g/mol. The number of amides is 1. The molecule has 0 aliphatic heterocycles. The number of rotatable bonds is 5. The highest BCUT2D eigenvalue weighted by molar-refractivity contribution is 6.05. The molecule has 0 spiro atoms. The van der Waals surface area contributed by atoms with Crippen LogP contribution in [0.2, 0.25) is 0 Å². The monoisotopic (exact) mass is 313 g/mol. The zero-order valence-corrected chi connectivity index (χ0v) is 13.4. The molecule has 2 rings (SSSR count). The summed E-state index contributed by atoms with van der Waals surface area (Å²) < 4.78 is 10.1. The van der Waals surface area contributed by atoms with Gasteiger partial charge in [0.25, 0.3) is 5.91 Å². The van der Waals surface area contributed by atoms with Crippen molar-refractivity contribution in [2.45, 2.75) is 13.8 Å². The Balaban J connectivity index is 2.18. The molecule has 0 saturated heterocycles. The van der Waals surface area contributed by atoms with Gasteiger partial charge in [-0.3, -0.25) is 4.79 Å². The molecule has 23 heavy (non-hydrogen) atoms. The number of hydrogen-bond donors (Lipinski definition) is 1. The molecule has 5 nitrogen and oxygen atoms in total. The van der Waals surface area contributed by atoms with Crippen LogP contribution >= 0.6 is 0 Å². The summed E-state index contributed by atoms with van der Waals surface area (Å²) in [6, 6.07) is 12.0. The molecule has 0 aliphatic rings. The van der Waals surface area contributed by atoms with E-state index in [1.165, 1.54) is 7.11 Å². The largest absolute Gasteiger partial charge is 0.494 e. The number of esters is 1. The summed E-state index contributed by atoms with van der Waals surface area (Å²) in [5.74, 6) is 0.0331. The van der Waals surface area contributed by atoms with E-state index in [0.717, 1.165) is 0 Å². The number of hydrogen-bond acceptors (Lipinski definition) is 4. The zero-order chi connectivity index (χ0) is 16.8. The van der Waals surface area contributed by atoms with Gasteiger partial charge in [0, 0.05) is 11.3 Å². The van der Waals surface area contributed by atoms with E-state index >= 15 is 0 Å². The van der Waals surface area contributed by atoms with Crippen LogP contribution in [0.1, 0.15) is 33.2 Å². The van der Waals surface area contributed by atoms with E-state index in [9.17, 15) is 9.59 Å². The molecular formula is C18H19NO4. The Morgan fingerprint density at radius 3 is 2.39 bits per heavy atom. The lowest BCUT2D eigenvalue weighted by Gasteiger charge is -2.11. The minimum Gasteiger partial charge on any atom is -0.494 e. The smallest absolute Gasteiger partial charge is 0.338 e.